The molecule has 0 amide bonds. The standard InChI is InChI=1S/C21H28BrNO4/c1-3-7-18(22)25-12-15(13-8-5-4-6-9-13)21(24)26-14-10-16-19-20(27-19)17(11-14)23(16)2/h4-6,8-9,14-20H,3,7,10-12H2,1-2H3/t14?,15-,16-,17+,18?,19-,20+/m1/s1. The molecule has 0 aliphatic carbocycles. The first kappa shape index (κ1) is 19.4. The summed E-state index contributed by atoms with van der Waals surface area (Å²) in [5.41, 5.74) is 0.945. The molecule has 3 fully saturated rings. The van der Waals surface area contributed by atoms with Gasteiger partial charge in [0.05, 0.1) is 6.61 Å². The van der Waals surface area contributed by atoms with E-state index in [1.54, 1.807) is 0 Å². The average Bonchev–Trinajstić information content (AvgIpc) is 3.41. The Bertz CT molecular complexity index is 639. The number of fused-ring (bicyclic) bond motifs is 5. The van der Waals surface area contributed by atoms with Crippen molar-refractivity contribution in [2.45, 2.75) is 73.9 Å². The Morgan fingerprint density at radius 2 is 1.93 bits per heavy atom. The number of carbonyl (C=O) groups excluding carboxylic acids is 1. The smallest absolute Gasteiger partial charge is 0.316 e. The highest BCUT2D eigenvalue weighted by atomic mass is 79.9. The van der Waals surface area contributed by atoms with E-state index in [0.717, 1.165) is 31.2 Å². The van der Waals surface area contributed by atoms with Crippen molar-refractivity contribution in [3.8, 4) is 0 Å². The van der Waals surface area contributed by atoms with E-state index in [9.17, 15) is 4.79 Å². The van der Waals surface area contributed by atoms with Gasteiger partial charge < -0.3 is 14.2 Å². The van der Waals surface area contributed by atoms with Crippen LogP contribution < -0.4 is 0 Å². The van der Waals surface area contributed by atoms with Crippen molar-refractivity contribution in [1.82, 2.24) is 4.90 Å². The molecule has 2 bridgehead atoms. The van der Waals surface area contributed by atoms with Gasteiger partial charge >= 0.3 is 5.97 Å². The van der Waals surface area contributed by atoms with Crippen LogP contribution in [0.1, 0.15) is 44.1 Å². The number of carbonyl (C=O) groups is 1. The minimum atomic E-state index is -0.397. The molecule has 0 aromatic heterocycles. The van der Waals surface area contributed by atoms with Crippen LogP contribution in [0.15, 0.2) is 30.3 Å². The highest BCUT2D eigenvalue weighted by Gasteiger charge is 2.62. The zero-order valence-corrected chi connectivity index (χ0v) is 17.5. The number of piperidine rings is 1. The van der Waals surface area contributed by atoms with Gasteiger partial charge in [-0.15, -0.1) is 0 Å². The molecule has 3 aliphatic heterocycles. The first-order valence-electron chi connectivity index (χ1n) is 9.97. The van der Waals surface area contributed by atoms with Crippen molar-refractivity contribution in [3.05, 3.63) is 35.9 Å². The number of rotatable bonds is 8. The van der Waals surface area contributed by atoms with Gasteiger partial charge in [-0.25, -0.2) is 0 Å². The second kappa shape index (κ2) is 8.19. The molecule has 1 aromatic carbocycles. The Kier molecular flexibility index (Phi) is 5.88. The fraction of sp³-hybridized carbons (Fsp3) is 0.667. The lowest BCUT2D eigenvalue weighted by atomic mass is 9.97. The third-order valence-corrected chi connectivity index (χ3v) is 6.83. The topological polar surface area (TPSA) is 51.3 Å². The summed E-state index contributed by atoms with van der Waals surface area (Å²) >= 11 is 3.54. The maximum absolute atomic E-state index is 13.0. The average molecular weight is 438 g/mol. The molecule has 3 aliphatic rings. The fourth-order valence-corrected chi connectivity index (χ4v) is 5.15. The molecule has 4 rings (SSSR count). The van der Waals surface area contributed by atoms with Crippen LogP contribution in [0.2, 0.25) is 0 Å². The molecule has 0 saturated carbocycles. The van der Waals surface area contributed by atoms with E-state index in [0.29, 0.717) is 30.9 Å². The largest absolute Gasteiger partial charge is 0.462 e. The Labute approximate surface area is 169 Å². The van der Waals surface area contributed by atoms with E-state index in [1.165, 1.54) is 0 Å². The summed E-state index contributed by atoms with van der Waals surface area (Å²) in [6, 6.07) is 10.6. The lowest BCUT2D eigenvalue weighted by molar-refractivity contribution is -0.157. The highest BCUT2D eigenvalue weighted by molar-refractivity contribution is 9.09. The predicted molar refractivity (Wildman–Crippen MR) is 106 cm³/mol. The number of benzene rings is 1. The number of alkyl halides is 1. The van der Waals surface area contributed by atoms with Crippen LogP contribution in [0.3, 0.4) is 0 Å². The van der Waals surface area contributed by atoms with E-state index in [2.05, 4.69) is 34.8 Å². The number of nitrogens with zero attached hydrogens (tertiary/aromatic N) is 1. The maximum Gasteiger partial charge on any atom is 0.316 e. The molecular formula is C21H28BrNO4. The SMILES string of the molecule is CCCC(Br)OC[C@@H](C(=O)OC1C[C@@H]2[C@H]3O[C@H]3[C@H](C1)N2C)c1ccccc1. The van der Waals surface area contributed by atoms with E-state index < -0.39 is 5.92 Å². The molecule has 3 heterocycles. The van der Waals surface area contributed by atoms with Crippen LogP contribution in [0.5, 0.6) is 0 Å². The van der Waals surface area contributed by atoms with Crippen LogP contribution in [-0.4, -0.2) is 59.9 Å². The summed E-state index contributed by atoms with van der Waals surface area (Å²) in [4.78, 5) is 15.4. The van der Waals surface area contributed by atoms with Crippen molar-refractivity contribution in [2.75, 3.05) is 13.7 Å². The lowest BCUT2D eigenvalue weighted by Crippen LogP contribution is -2.48. The fourth-order valence-electron chi connectivity index (χ4n) is 4.54. The number of epoxide rings is 1. The number of hydrogen-bond donors (Lipinski definition) is 0. The number of esters is 1. The molecule has 5 nitrogen and oxygen atoms in total. The van der Waals surface area contributed by atoms with Crippen molar-refractivity contribution in [3.63, 3.8) is 0 Å². The van der Waals surface area contributed by atoms with Gasteiger partial charge in [0.1, 0.15) is 29.2 Å². The number of hydrogen-bond acceptors (Lipinski definition) is 5. The summed E-state index contributed by atoms with van der Waals surface area (Å²) in [7, 11) is 2.16. The molecule has 0 spiro atoms. The minimum Gasteiger partial charge on any atom is -0.462 e. The Hall–Kier alpha value is -0.950. The van der Waals surface area contributed by atoms with Crippen molar-refractivity contribution < 1.29 is 19.0 Å². The quantitative estimate of drug-likeness (QED) is 0.354. The first-order chi connectivity index (χ1) is 13.1. The highest BCUT2D eigenvalue weighted by Crippen LogP contribution is 2.48. The van der Waals surface area contributed by atoms with Crippen LogP contribution in [0, 0.1) is 0 Å². The number of halogens is 1. The number of morpholine rings is 1. The second-order valence-electron chi connectivity index (χ2n) is 7.89. The molecule has 27 heavy (non-hydrogen) atoms. The van der Waals surface area contributed by atoms with Crippen molar-refractivity contribution >= 4 is 21.9 Å². The van der Waals surface area contributed by atoms with Gasteiger partial charge in [-0.2, -0.15) is 0 Å². The molecule has 3 saturated heterocycles. The molecule has 148 valence electrons. The Morgan fingerprint density at radius 1 is 1.26 bits per heavy atom. The third kappa shape index (κ3) is 4.09. The summed E-state index contributed by atoms with van der Waals surface area (Å²) in [6.45, 7) is 2.44. The van der Waals surface area contributed by atoms with Crippen LogP contribution in [0.25, 0.3) is 0 Å². The number of likely N-dealkylation sites (N-methyl/N-ethyl adjacent to an activating group) is 1. The lowest BCUT2D eigenvalue weighted by Gasteiger charge is -2.38. The first-order valence-corrected chi connectivity index (χ1v) is 10.9. The zero-order chi connectivity index (χ0) is 19.0. The second-order valence-corrected chi connectivity index (χ2v) is 8.91. The molecule has 0 radical (unpaired) electrons. The summed E-state index contributed by atoms with van der Waals surface area (Å²) in [5.74, 6) is -0.577. The molecule has 2 unspecified atom stereocenters. The summed E-state index contributed by atoms with van der Waals surface area (Å²) in [6.07, 6.45) is 4.33. The molecule has 6 heteroatoms. The van der Waals surface area contributed by atoms with Crippen LogP contribution in [-0.2, 0) is 19.0 Å². The van der Waals surface area contributed by atoms with Crippen molar-refractivity contribution in [1.29, 1.82) is 0 Å². The maximum atomic E-state index is 13.0. The normalized spacial score (nSPS) is 34.0. The zero-order valence-electron chi connectivity index (χ0n) is 15.9. The van der Waals surface area contributed by atoms with E-state index in [1.807, 2.05) is 30.3 Å². The van der Waals surface area contributed by atoms with Crippen molar-refractivity contribution in [2.24, 2.45) is 0 Å². The molecule has 7 atom stereocenters. The van der Waals surface area contributed by atoms with Gasteiger partial charge in [0.25, 0.3) is 0 Å². The predicted octanol–water partition coefficient (Wildman–Crippen LogP) is 3.46. The molecule has 0 N–H and O–H groups in total. The third-order valence-electron chi connectivity index (χ3n) is 6.10. The minimum absolute atomic E-state index is 0.0262. The Balaban J connectivity index is 1.40. The summed E-state index contributed by atoms with van der Waals surface area (Å²) in [5, 5.41) is -0.0371. The van der Waals surface area contributed by atoms with E-state index >= 15 is 0 Å². The van der Waals surface area contributed by atoms with Gasteiger partial charge in [-0.1, -0.05) is 59.6 Å². The van der Waals surface area contributed by atoms with Gasteiger partial charge in [-0.05, 0) is 19.0 Å². The Morgan fingerprint density at radius 3 is 2.56 bits per heavy atom. The van der Waals surface area contributed by atoms with Gasteiger partial charge in [0.2, 0.25) is 0 Å². The van der Waals surface area contributed by atoms with Gasteiger partial charge in [0, 0.05) is 24.9 Å². The van der Waals surface area contributed by atoms with Crippen LogP contribution >= 0.6 is 15.9 Å². The van der Waals surface area contributed by atoms with E-state index in [-0.39, 0.29) is 17.1 Å². The van der Waals surface area contributed by atoms with Gasteiger partial charge in [0.15, 0.2) is 0 Å². The monoisotopic (exact) mass is 437 g/mol. The molecule has 1 aromatic rings. The summed E-state index contributed by atoms with van der Waals surface area (Å²) < 4.78 is 17.6. The van der Waals surface area contributed by atoms with Crippen LogP contribution in [0.4, 0.5) is 0 Å². The van der Waals surface area contributed by atoms with E-state index in [4.69, 9.17) is 14.2 Å². The molecular weight excluding hydrogens is 410 g/mol. The number of ether oxygens (including phenoxy) is 3. The van der Waals surface area contributed by atoms with Gasteiger partial charge in [-0.3, -0.25) is 9.69 Å².